The van der Waals surface area contributed by atoms with Gasteiger partial charge in [-0.25, -0.2) is 0 Å². The maximum atomic E-state index is 9.53. The first-order valence-corrected chi connectivity index (χ1v) is 10.0. The second-order valence-corrected chi connectivity index (χ2v) is 7.53. The summed E-state index contributed by atoms with van der Waals surface area (Å²) in [6, 6.07) is 0.204. The van der Waals surface area contributed by atoms with Gasteiger partial charge in [0.05, 0.1) is 13.2 Å². The minimum Gasteiger partial charge on any atom is -0.396 e. The zero-order valence-electron chi connectivity index (χ0n) is 16.3. The van der Waals surface area contributed by atoms with Gasteiger partial charge in [0, 0.05) is 38.9 Å². The van der Waals surface area contributed by atoms with E-state index in [-0.39, 0.29) is 32.1 Å². The van der Waals surface area contributed by atoms with Crippen molar-refractivity contribution in [2.24, 2.45) is 5.92 Å². The molecule has 1 saturated heterocycles. The Morgan fingerprint density at radius 3 is 2.52 bits per heavy atom. The topological polar surface area (TPSA) is 76.4 Å². The van der Waals surface area contributed by atoms with Gasteiger partial charge in [-0.2, -0.15) is 0 Å². The van der Waals surface area contributed by atoms with Gasteiger partial charge in [0.2, 0.25) is 0 Å². The van der Waals surface area contributed by atoms with E-state index in [0.29, 0.717) is 12.5 Å². The third-order valence-corrected chi connectivity index (χ3v) is 4.83. The molecule has 2 atom stereocenters. The molecule has 0 amide bonds. The fraction of sp³-hybridized carbons (Fsp3) is 1.00. The maximum Gasteiger partial charge on any atom is 0.111 e. The summed E-state index contributed by atoms with van der Waals surface area (Å²) in [6.45, 7) is 9.42. The van der Waals surface area contributed by atoms with Crippen LogP contribution in [-0.2, 0) is 4.74 Å². The number of aliphatic hydroxyl groups is 3. The van der Waals surface area contributed by atoms with Gasteiger partial charge in [-0.3, -0.25) is 4.90 Å². The highest BCUT2D eigenvalue weighted by atomic mass is 16.5. The van der Waals surface area contributed by atoms with E-state index in [2.05, 4.69) is 23.6 Å². The number of aliphatic hydroxyl groups excluding tert-OH is 3. The smallest absolute Gasteiger partial charge is 0.111 e. The van der Waals surface area contributed by atoms with Crippen molar-refractivity contribution in [2.45, 2.75) is 64.6 Å². The molecule has 0 aliphatic carbocycles. The molecular formula is C19H40N2O4. The molecule has 0 bridgehead atoms. The lowest BCUT2D eigenvalue weighted by molar-refractivity contribution is -0.0803. The van der Waals surface area contributed by atoms with Gasteiger partial charge in [-0.1, -0.05) is 13.8 Å². The monoisotopic (exact) mass is 360 g/mol. The Bertz CT molecular complexity index is 318. The van der Waals surface area contributed by atoms with Gasteiger partial charge in [0.1, 0.15) is 6.23 Å². The largest absolute Gasteiger partial charge is 0.396 e. The van der Waals surface area contributed by atoms with Crippen molar-refractivity contribution in [3.8, 4) is 0 Å². The maximum absolute atomic E-state index is 9.53. The fourth-order valence-electron chi connectivity index (χ4n) is 3.65. The van der Waals surface area contributed by atoms with Crippen molar-refractivity contribution in [2.75, 3.05) is 52.6 Å². The summed E-state index contributed by atoms with van der Waals surface area (Å²) in [5.41, 5.74) is 0. The number of hydrogen-bond acceptors (Lipinski definition) is 6. The minimum absolute atomic E-state index is 0.0102. The third-order valence-electron chi connectivity index (χ3n) is 4.83. The molecule has 6 heteroatoms. The summed E-state index contributed by atoms with van der Waals surface area (Å²) >= 11 is 0. The molecule has 150 valence electrons. The van der Waals surface area contributed by atoms with Gasteiger partial charge in [-0.15, -0.1) is 0 Å². The summed E-state index contributed by atoms with van der Waals surface area (Å²) in [7, 11) is 0. The van der Waals surface area contributed by atoms with E-state index in [1.165, 1.54) is 0 Å². The van der Waals surface area contributed by atoms with Crippen LogP contribution in [0.4, 0.5) is 0 Å². The van der Waals surface area contributed by atoms with Crippen LogP contribution in [0.25, 0.3) is 0 Å². The van der Waals surface area contributed by atoms with Crippen molar-refractivity contribution in [1.29, 1.82) is 0 Å². The Hall–Kier alpha value is -0.240. The van der Waals surface area contributed by atoms with Crippen LogP contribution in [0, 0.1) is 5.92 Å². The fourth-order valence-corrected chi connectivity index (χ4v) is 3.65. The SMILES string of the molecule is CC(C)CN(CCO)CCCCOC(CCCO)N1CCCC1CO. The minimum atomic E-state index is 0.0102. The molecular weight excluding hydrogens is 320 g/mol. The first kappa shape index (κ1) is 22.8. The number of ether oxygens (including phenoxy) is 1. The number of unbranched alkanes of at least 4 members (excludes halogenated alkanes) is 1. The van der Waals surface area contributed by atoms with Gasteiger partial charge in [-0.05, 0) is 51.0 Å². The molecule has 0 aromatic heterocycles. The van der Waals surface area contributed by atoms with Crippen molar-refractivity contribution >= 4 is 0 Å². The van der Waals surface area contributed by atoms with E-state index in [4.69, 9.17) is 14.9 Å². The molecule has 3 N–H and O–H groups in total. The molecule has 0 aromatic rings. The van der Waals surface area contributed by atoms with Crippen molar-refractivity contribution in [3.63, 3.8) is 0 Å². The molecule has 1 aliphatic rings. The molecule has 0 spiro atoms. The van der Waals surface area contributed by atoms with E-state index in [1.807, 2.05) is 0 Å². The predicted octanol–water partition coefficient (Wildman–Crippen LogP) is 1.29. The summed E-state index contributed by atoms with van der Waals surface area (Å²) in [5.74, 6) is 0.608. The molecule has 0 saturated carbocycles. The van der Waals surface area contributed by atoms with Crippen LogP contribution < -0.4 is 0 Å². The van der Waals surface area contributed by atoms with Crippen LogP contribution in [0.5, 0.6) is 0 Å². The normalized spacial score (nSPS) is 20.0. The van der Waals surface area contributed by atoms with Crippen molar-refractivity contribution < 1.29 is 20.1 Å². The standard InChI is InChI=1S/C19H40N2O4/c1-17(2)15-20(11-13-23)9-3-4-14-25-19(8-6-12-22)21-10-5-7-18(21)16-24/h17-19,22-24H,3-16H2,1-2H3. The molecule has 2 unspecified atom stereocenters. The van der Waals surface area contributed by atoms with Crippen molar-refractivity contribution in [3.05, 3.63) is 0 Å². The van der Waals surface area contributed by atoms with Gasteiger partial charge in [0.25, 0.3) is 0 Å². The van der Waals surface area contributed by atoms with Crippen LogP contribution in [0.2, 0.25) is 0 Å². The lowest BCUT2D eigenvalue weighted by Gasteiger charge is -2.32. The highest BCUT2D eigenvalue weighted by molar-refractivity contribution is 4.81. The quantitative estimate of drug-likeness (QED) is 0.382. The Balaban J connectivity index is 2.31. The highest BCUT2D eigenvalue weighted by Crippen LogP contribution is 2.23. The Labute approximate surface area is 153 Å². The predicted molar refractivity (Wildman–Crippen MR) is 100 cm³/mol. The zero-order chi connectivity index (χ0) is 18.5. The summed E-state index contributed by atoms with van der Waals surface area (Å²) in [5, 5.41) is 27.8. The lowest BCUT2D eigenvalue weighted by Crippen LogP contribution is -2.42. The molecule has 0 aromatic carbocycles. The van der Waals surface area contributed by atoms with Gasteiger partial charge in [0.15, 0.2) is 0 Å². The Kier molecular flexibility index (Phi) is 12.7. The third kappa shape index (κ3) is 9.31. The first-order valence-electron chi connectivity index (χ1n) is 10.0. The molecule has 1 heterocycles. The number of likely N-dealkylation sites (tertiary alicyclic amines) is 1. The molecule has 1 aliphatic heterocycles. The summed E-state index contributed by atoms with van der Waals surface area (Å²) in [6.07, 6.45) is 5.75. The van der Waals surface area contributed by atoms with Gasteiger partial charge >= 0.3 is 0 Å². The van der Waals surface area contributed by atoms with E-state index in [0.717, 1.165) is 64.7 Å². The van der Waals surface area contributed by atoms with Crippen LogP contribution in [0.1, 0.15) is 52.4 Å². The zero-order valence-corrected chi connectivity index (χ0v) is 16.3. The van der Waals surface area contributed by atoms with Crippen LogP contribution in [-0.4, -0.2) is 90.0 Å². The van der Waals surface area contributed by atoms with E-state index < -0.39 is 0 Å². The second-order valence-electron chi connectivity index (χ2n) is 7.53. The molecule has 0 radical (unpaired) electrons. The lowest BCUT2D eigenvalue weighted by atomic mass is 10.2. The molecule has 1 rings (SSSR count). The first-order chi connectivity index (χ1) is 12.1. The second kappa shape index (κ2) is 13.9. The molecule has 6 nitrogen and oxygen atoms in total. The number of nitrogens with zero attached hydrogens (tertiary/aromatic N) is 2. The van der Waals surface area contributed by atoms with E-state index in [1.54, 1.807) is 0 Å². The van der Waals surface area contributed by atoms with E-state index >= 15 is 0 Å². The average Bonchev–Trinajstić information content (AvgIpc) is 3.05. The summed E-state index contributed by atoms with van der Waals surface area (Å²) in [4.78, 5) is 4.59. The van der Waals surface area contributed by atoms with Crippen LogP contribution >= 0.6 is 0 Å². The van der Waals surface area contributed by atoms with E-state index in [9.17, 15) is 5.11 Å². The van der Waals surface area contributed by atoms with Crippen LogP contribution in [0.15, 0.2) is 0 Å². The highest BCUT2D eigenvalue weighted by Gasteiger charge is 2.30. The summed E-state index contributed by atoms with van der Waals surface area (Å²) < 4.78 is 6.12. The molecule has 1 fully saturated rings. The van der Waals surface area contributed by atoms with Crippen molar-refractivity contribution in [1.82, 2.24) is 9.80 Å². The average molecular weight is 361 g/mol. The van der Waals surface area contributed by atoms with Gasteiger partial charge < -0.3 is 25.0 Å². The number of hydrogen-bond donors (Lipinski definition) is 3. The molecule has 25 heavy (non-hydrogen) atoms. The Morgan fingerprint density at radius 1 is 1.08 bits per heavy atom. The Morgan fingerprint density at radius 2 is 1.88 bits per heavy atom. The van der Waals surface area contributed by atoms with Crippen LogP contribution in [0.3, 0.4) is 0 Å². The number of rotatable bonds is 15.